The summed E-state index contributed by atoms with van der Waals surface area (Å²) >= 11 is 0. The third kappa shape index (κ3) is 6.92. The highest BCUT2D eigenvalue weighted by Gasteiger charge is 2.38. The number of unbranched alkanes of at least 4 members (excludes halogenated alkanes) is 2. The van der Waals surface area contributed by atoms with Gasteiger partial charge in [-0.15, -0.1) is 0 Å². The van der Waals surface area contributed by atoms with Crippen molar-refractivity contribution in [3.63, 3.8) is 0 Å². The van der Waals surface area contributed by atoms with E-state index in [-0.39, 0.29) is 31.6 Å². The Morgan fingerprint density at radius 3 is 2.46 bits per heavy atom. The number of benzene rings is 2. The zero-order valence-corrected chi connectivity index (χ0v) is 23.0. The number of carbonyl (C=O) groups excluding carboxylic acids is 2. The maximum absolute atomic E-state index is 14.1. The second-order valence-electron chi connectivity index (χ2n) is 9.76. The minimum absolute atomic E-state index is 0.0310. The third-order valence-electron chi connectivity index (χ3n) is 7.09. The summed E-state index contributed by atoms with van der Waals surface area (Å²) in [5.74, 6) is 0.659. The van der Waals surface area contributed by atoms with Crippen molar-refractivity contribution < 1.29 is 32.9 Å². The monoisotopic (exact) mass is 543 g/mol. The van der Waals surface area contributed by atoms with E-state index in [2.05, 4.69) is 6.92 Å². The lowest BCUT2D eigenvalue weighted by Crippen LogP contribution is -2.58. The van der Waals surface area contributed by atoms with Gasteiger partial charge in [0.25, 0.3) is 0 Å². The van der Waals surface area contributed by atoms with Crippen LogP contribution in [-0.4, -0.2) is 82.0 Å². The summed E-state index contributed by atoms with van der Waals surface area (Å²) in [5.41, 5.74) is 1.13. The number of nitrogens with zero attached hydrogens (tertiary/aromatic N) is 3. The summed E-state index contributed by atoms with van der Waals surface area (Å²) in [6.07, 6.45) is 3.04. The van der Waals surface area contributed by atoms with Gasteiger partial charge < -0.3 is 28.7 Å². The lowest BCUT2D eigenvalue weighted by molar-refractivity contribution is -0.140. The van der Waals surface area contributed by atoms with E-state index in [0.29, 0.717) is 61.4 Å². The lowest BCUT2D eigenvalue weighted by atomic mass is 10.0. The molecule has 2 aromatic rings. The minimum Gasteiger partial charge on any atom is -0.496 e. The van der Waals surface area contributed by atoms with Crippen molar-refractivity contribution in [3.8, 4) is 17.2 Å². The zero-order valence-electron chi connectivity index (χ0n) is 23.0. The van der Waals surface area contributed by atoms with E-state index in [1.165, 1.54) is 19.2 Å². The maximum Gasteiger partial charge on any atom is 0.324 e. The molecule has 39 heavy (non-hydrogen) atoms. The van der Waals surface area contributed by atoms with Crippen molar-refractivity contribution in [2.75, 3.05) is 65.1 Å². The van der Waals surface area contributed by atoms with Crippen LogP contribution >= 0.6 is 0 Å². The van der Waals surface area contributed by atoms with E-state index in [4.69, 9.17) is 18.9 Å². The van der Waals surface area contributed by atoms with Crippen LogP contribution in [0.2, 0.25) is 0 Å². The maximum atomic E-state index is 14.1. The molecule has 2 heterocycles. The van der Waals surface area contributed by atoms with Gasteiger partial charge in [0, 0.05) is 43.5 Å². The Morgan fingerprint density at radius 1 is 1.00 bits per heavy atom. The van der Waals surface area contributed by atoms with Crippen LogP contribution < -0.4 is 19.1 Å². The summed E-state index contributed by atoms with van der Waals surface area (Å²) in [6, 6.07) is 9.28. The molecule has 2 aliphatic heterocycles. The van der Waals surface area contributed by atoms with Crippen LogP contribution in [0.4, 0.5) is 14.9 Å². The van der Waals surface area contributed by atoms with Crippen molar-refractivity contribution in [1.29, 1.82) is 0 Å². The second kappa shape index (κ2) is 13.5. The molecule has 2 aromatic carbocycles. The molecule has 0 saturated carbocycles. The fourth-order valence-electron chi connectivity index (χ4n) is 4.97. The molecular formula is C29H38FN3O6. The molecule has 0 radical (unpaired) electrons. The van der Waals surface area contributed by atoms with E-state index in [1.54, 1.807) is 46.1 Å². The first-order valence-electron chi connectivity index (χ1n) is 13.5. The second-order valence-corrected chi connectivity index (χ2v) is 9.76. The number of ether oxygens (including phenoxy) is 4. The van der Waals surface area contributed by atoms with Crippen LogP contribution in [0.25, 0.3) is 0 Å². The number of rotatable bonds is 11. The molecule has 1 unspecified atom stereocenters. The molecular weight excluding hydrogens is 505 g/mol. The van der Waals surface area contributed by atoms with E-state index in [0.717, 1.165) is 19.3 Å². The molecule has 0 N–H and O–H groups in total. The summed E-state index contributed by atoms with van der Waals surface area (Å²) in [7, 11) is 3.08. The SMILES string of the molecule is CCCCCOc1cc(N2CC(C(=O)N3CCOCC3)CN(Cc3cc(F)ccc3OC)C2=O)ccc1OC. The van der Waals surface area contributed by atoms with Gasteiger partial charge in [0.2, 0.25) is 5.91 Å². The van der Waals surface area contributed by atoms with Crippen molar-refractivity contribution in [2.24, 2.45) is 5.92 Å². The molecule has 2 fully saturated rings. The molecule has 212 valence electrons. The fraction of sp³-hybridized carbons (Fsp3) is 0.517. The van der Waals surface area contributed by atoms with Gasteiger partial charge in [-0.1, -0.05) is 19.8 Å². The number of anilines is 1. The first-order valence-corrected chi connectivity index (χ1v) is 13.5. The van der Waals surface area contributed by atoms with Crippen molar-refractivity contribution in [3.05, 3.63) is 47.8 Å². The Balaban J connectivity index is 1.64. The topological polar surface area (TPSA) is 80.8 Å². The molecule has 10 heteroatoms. The largest absolute Gasteiger partial charge is 0.496 e. The molecule has 1 atom stereocenters. The average Bonchev–Trinajstić information content (AvgIpc) is 2.96. The van der Waals surface area contributed by atoms with Crippen molar-refractivity contribution in [2.45, 2.75) is 32.7 Å². The molecule has 2 saturated heterocycles. The van der Waals surface area contributed by atoms with Gasteiger partial charge in [0.1, 0.15) is 11.6 Å². The highest BCUT2D eigenvalue weighted by molar-refractivity contribution is 5.95. The average molecular weight is 544 g/mol. The number of morpholine rings is 1. The number of methoxy groups -OCH3 is 2. The third-order valence-corrected chi connectivity index (χ3v) is 7.09. The predicted molar refractivity (Wildman–Crippen MR) is 145 cm³/mol. The summed E-state index contributed by atoms with van der Waals surface area (Å²) in [5, 5.41) is 0. The number of halogens is 1. The number of urea groups is 1. The van der Waals surface area contributed by atoms with Gasteiger partial charge in [-0.2, -0.15) is 0 Å². The Labute approximate surface area is 229 Å². The number of hydrogen-bond donors (Lipinski definition) is 0. The number of amides is 3. The normalized spacial score (nSPS) is 17.8. The molecule has 2 aliphatic rings. The Kier molecular flexibility index (Phi) is 9.86. The van der Waals surface area contributed by atoms with E-state index in [9.17, 15) is 14.0 Å². The first kappa shape index (κ1) is 28.5. The van der Waals surface area contributed by atoms with Crippen LogP contribution in [0, 0.1) is 11.7 Å². The van der Waals surface area contributed by atoms with Gasteiger partial charge in [0.15, 0.2) is 11.5 Å². The summed E-state index contributed by atoms with van der Waals surface area (Å²) in [4.78, 5) is 32.3. The standard InChI is InChI=1S/C29H38FN3O6/c1-4-5-6-13-39-27-17-24(8-10-26(27)37-3)33-20-22(28(34)31-11-14-38-15-12-31)19-32(29(33)35)18-21-16-23(30)7-9-25(21)36-2/h7-10,16-17,22H,4-6,11-15,18-20H2,1-3H3. The van der Waals surface area contributed by atoms with E-state index >= 15 is 0 Å². The predicted octanol–water partition coefficient (Wildman–Crippen LogP) is 4.33. The smallest absolute Gasteiger partial charge is 0.324 e. The molecule has 3 amide bonds. The zero-order chi connectivity index (χ0) is 27.8. The molecule has 0 bridgehead atoms. The van der Waals surface area contributed by atoms with Gasteiger partial charge in [-0.3, -0.25) is 9.69 Å². The van der Waals surface area contributed by atoms with E-state index < -0.39 is 11.7 Å². The van der Waals surface area contributed by atoms with E-state index in [1.807, 2.05) is 0 Å². The number of carbonyl (C=O) groups is 2. The molecule has 4 rings (SSSR count). The molecule has 0 aliphatic carbocycles. The Bertz CT molecular complexity index is 1140. The molecule has 0 spiro atoms. The van der Waals surface area contributed by atoms with Gasteiger partial charge >= 0.3 is 6.03 Å². The summed E-state index contributed by atoms with van der Waals surface area (Å²) < 4.78 is 36.5. The van der Waals surface area contributed by atoms with Crippen molar-refractivity contribution in [1.82, 2.24) is 9.80 Å². The van der Waals surface area contributed by atoms with Crippen LogP contribution in [0.1, 0.15) is 31.7 Å². The number of hydrogen-bond acceptors (Lipinski definition) is 6. The highest BCUT2D eigenvalue weighted by Crippen LogP contribution is 2.35. The Morgan fingerprint density at radius 2 is 1.74 bits per heavy atom. The van der Waals surface area contributed by atoms with Gasteiger partial charge in [-0.05, 0) is 36.8 Å². The van der Waals surface area contributed by atoms with Crippen LogP contribution in [0.15, 0.2) is 36.4 Å². The lowest BCUT2D eigenvalue weighted by Gasteiger charge is -2.41. The Hall–Kier alpha value is -3.53. The minimum atomic E-state index is -0.476. The first-order chi connectivity index (χ1) is 18.9. The fourth-order valence-corrected chi connectivity index (χ4v) is 4.97. The summed E-state index contributed by atoms with van der Waals surface area (Å²) in [6.45, 7) is 5.19. The van der Waals surface area contributed by atoms with Crippen LogP contribution in [0.5, 0.6) is 17.2 Å². The quantitative estimate of drug-likeness (QED) is 0.393. The van der Waals surface area contributed by atoms with Gasteiger partial charge in [0.05, 0.1) is 46.5 Å². The van der Waals surface area contributed by atoms with Crippen LogP contribution in [0.3, 0.4) is 0 Å². The highest BCUT2D eigenvalue weighted by atomic mass is 19.1. The van der Waals surface area contributed by atoms with Crippen LogP contribution in [-0.2, 0) is 16.1 Å². The van der Waals surface area contributed by atoms with Gasteiger partial charge in [-0.25, -0.2) is 9.18 Å². The molecule has 9 nitrogen and oxygen atoms in total. The molecule has 0 aromatic heterocycles. The van der Waals surface area contributed by atoms with Crippen molar-refractivity contribution >= 4 is 17.6 Å².